The van der Waals surface area contributed by atoms with Gasteiger partial charge in [0.15, 0.2) is 0 Å². The van der Waals surface area contributed by atoms with Gasteiger partial charge in [-0.1, -0.05) is 6.08 Å². The summed E-state index contributed by atoms with van der Waals surface area (Å²) in [6.07, 6.45) is 3.22. The molecule has 17 heavy (non-hydrogen) atoms. The highest BCUT2D eigenvalue weighted by molar-refractivity contribution is 5.16. The number of rotatable bonds is 3. The summed E-state index contributed by atoms with van der Waals surface area (Å²) >= 11 is 0. The van der Waals surface area contributed by atoms with E-state index in [4.69, 9.17) is 9.15 Å². The van der Waals surface area contributed by atoms with Gasteiger partial charge in [0.2, 0.25) is 0 Å². The van der Waals surface area contributed by atoms with Crippen molar-refractivity contribution >= 4 is 0 Å². The standard InChI is InChI=1S/C14H20O3/c1-5-13(3)9-8-12(17-13)14(4,15)11-7-6-10(2)16-11/h5-7,12,15H,1,8-9H2,2-4H3. The Bertz CT molecular complexity index is 419. The van der Waals surface area contributed by atoms with E-state index in [1.165, 1.54) is 0 Å². The lowest BCUT2D eigenvalue weighted by Crippen LogP contribution is -2.37. The molecule has 0 amide bonds. The monoisotopic (exact) mass is 236 g/mol. The largest absolute Gasteiger partial charge is 0.463 e. The molecule has 1 aromatic heterocycles. The van der Waals surface area contributed by atoms with Crippen molar-refractivity contribution in [2.24, 2.45) is 0 Å². The maximum atomic E-state index is 10.6. The van der Waals surface area contributed by atoms with Crippen LogP contribution in [0.25, 0.3) is 0 Å². The molecule has 0 bridgehead atoms. The number of hydrogen-bond donors (Lipinski definition) is 1. The molecule has 0 saturated carbocycles. The fourth-order valence-corrected chi connectivity index (χ4v) is 2.27. The molecular formula is C14H20O3. The van der Waals surface area contributed by atoms with E-state index in [1.54, 1.807) is 13.0 Å². The fraction of sp³-hybridized carbons (Fsp3) is 0.571. The maximum Gasteiger partial charge on any atom is 0.145 e. The predicted molar refractivity (Wildman–Crippen MR) is 65.7 cm³/mol. The molecular weight excluding hydrogens is 216 g/mol. The Hall–Kier alpha value is -1.06. The number of furan rings is 1. The van der Waals surface area contributed by atoms with Gasteiger partial charge >= 0.3 is 0 Å². The minimum Gasteiger partial charge on any atom is -0.463 e. The SMILES string of the molecule is C=CC1(C)CCC(C(C)(O)c2ccc(C)o2)O1. The quantitative estimate of drug-likeness (QED) is 0.820. The molecule has 0 radical (unpaired) electrons. The van der Waals surface area contributed by atoms with E-state index in [0.29, 0.717) is 5.76 Å². The van der Waals surface area contributed by atoms with Crippen molar-refractivity contribution in [2.75, 3.05) is 0 Å². The molecule has 1 N–H and O–H groups in total. The zero-order valence-electron chi connectivity index (χ0n) is 10.7. The minimum atomic E-state index is -1.09. The molecule has 94 valence electrons. The number of ether oxygens (including phenoxy) is 1. The third-order valence-electron chi connectivity index (χ3n) is 3.61. The molecule has 3 nitrogen and oxygen atoms in total. The summed E-state index contributed by atoms with van der Waals surface area (Å²) in [5, 5.41) is 10.6. The molecule has 0 aromatic carbocycles. The van der Waals surface area contributed by atoms with Gasteiger partial charge < -0.3 is 14.3 Å². The highest BCUT2D eigenvalue weighted by Crippen LogP contribution is 2.40. The van der Waals surface area contributed by atoms with Crippen LogP contribution in [0, 0.1) is 6.92 Å². The Labute approximate surface area is 102 Å². The average Bonchev–Trinajstić information content (AvgIpc) is 2.86. The van der Waals surface area contributed by atoms with E-state index in [2.05, 4.69) is 6.58 Å². The van der Waals surface area contributed by atoms with Crippen molar-refractivity contribution in [3.8, 4) is 0 Å². The summed E-state index contributed by atoms with van der Waals surface area (Å²) in [4.78, 5) is 0. The molecule has 1 aromatic rings. The third-order valence-corrected chi connectivity index (χ3v) is 3.61. The second kappa shape index (κ2) is 4.00. The second-order valence-corrected chi connectivity index (χ2v) is 5.22. The number of aryl methyl sites for hydroxylation is 1. The molecule has 1 aliphatic rings. The van der Waals surface area contributed by atoms with Crippen molar-refractivity contribution in [1.29, 1.82) is 0 Å². The average molecular weight is 236 g/mol. The Morgan fingerprint density at radius 3 is 2.76 bits per heavy atom. The van der Waals surface area contributed by atoms with E-state index in [-0.39, 0.29) is 11.7 Å². The first kappa shape index (κ1) is 12.4. The molecule has 0 spiro atoms. The van der Waals surface area contributed by atoms with E-state index >= 15 is 0 Å². The van der Waals surface area contributed by atoms with Crippen molar-refractivity contribution in [2.45, 2.75) is 50.9 Å². The van der Waals surface area contributed by atoms with Crippen molar-refractivity contribution in [3.63, 3.8) is 0 Å². The van der Waals surface area contributed by atoms with Gasteiger partial charge in [-0.15, -0.1) is 6.58 Å². The summed E-state index contributed by atoms with van der Waals surface area (Å²) < 4.78 is 11.4. The summed E-state index contributed by atoms with van der Waals surface area (Å²) in [7, 11) is 0. The minimum absolute atomic E-state index is 0.254. The van der Waals surface area contributed by atoms with Crippen LogP contribution in [0.4, 0.5) is 0 Å². The van der Waals surface area contributed by atoms with Crippen molar-refractivity contribution in [1.82, 2.24) is 0 Å². The van der Waals surface area contributed by atoms with E-state index in [0.717, 1.165) is 18.6 Å². The second-order valence-electron chi connectivity index (χ2n) is 5.22. The molecule has 3 heteroatoms. The highest BCUT2D eigenvalue weighted by Gasteiger charge is 2.45. The topological polar surface area (TPSA) is 42.6 Å². The first-order chi connectivity index (χ1) is 7.87. The Morgan fingerprint density at radius 2 is 2.29 bits per heavy atom. The lowest BCUT2D eigenvalue weighted by molar-refractivity contribution is -0.122. The summed E-state index contributed by atoms with van der Waals surface area (Å²) in [6.45, 7) is 9.37. The maximum absolute atomic E-state index is 10.6. The van der Waals surface area contributed by atoms with E-state index < -0.39 is 5.60 Å². The van der Waals surface area contributed by atoms with Crippen LogP contribution in [0.5, 0.6) is 0 Å². The fourth-order valence-electron chi connectivity index (χ4n) is 2.27. The number of hydrogen-bond acceptors (Lipinski definition) is 3. The molecule has 2 heterocycles. The number of aliphatic hydroxyl groups is 1. The Kier molecular flexibility index (Phi) is 2.92. The molecule has 1 saturated heterocycles. The van der Waals surface area contributed by atoms with Gasteiger partial charge in [0.25, 0.3) is 0 Å². The molecule has 3 unspecified atom stereocenters. The van der Waals surface area contributed by atoms with Gasteiger partial charge in [0.1, 0.15) is 17.1 Å². The van der Waals surface area contributed by atoms with Gasteiger partial charge in [-0.05, 0) is 45.7 Å². The molecule has 2 rings (SSSR count). The van der Waals surface area contributed by atoms with Crippen LogP contribution in [0.3, 0.4) is 0 Å². The van der Waals surface area contributed by atoms with E-state index in [9.17, 15) is 5.11 Å². The van der Waals surface area contributed by atoms with Crippen molar-refractivity contribution in [3.05, 3.63) is 36.3 Å². The van der Waals surface area contributed by atoms with Crippen LogP contribution < -0.4 is 0 Å². The van der Waals surface area contributed by atoms with Gasteiger partial charge in [0.05, 0.1) is 11.7 Å². The van der Waals surface area contributed by atoms with Crippen LogP contribution in [0.2, 0.25) is 0 Å². The van der Waals surface area contributed by atoms with Gasteiger partial charge in [-0.3, -0.25) is 0 Å². The Morgan fingerprint density at radius 1 is 1.59 bits per heavy atom. The lowest BCUT2D eigenvalue weighted by Gasteiger charge is -2.30. The third kappa shape index (κ3) is 2.17. The normalized spacial score (nSPS) is 32.4. The van der Waals surface area contributed by atoms with Crippen molar-refractivity contribution < 1.29 is 14.3 Å². The van der Waals surface area contributed by atoms with Gasteiger partial charge in [0, 0.05) is 0 Å². The van der Waals surface area contributed by atoms with Crippen LogP contribution in [-0.4, -0.2) is 16.8 Å². The lowest BCUT2D eigenvalue weighted by atomic mass is 9.93. The molecule has 1 fully saturated rings. The van der Waals surface area contributed by atoms with Crippen LogP contribution in [-0.2, 0) is 10.3 Å². The molecule has 3 atom stereocenters. The zero-order chi connectivity index (χ0) is 12.7. The summed E-state index contributed by atoms with van der Waals surface area (Å²) in [5.41, 5.74) is -1.43. The van der Waals surface area contributed by atoms with Gasteiger partial charge in [-0.25, -0.2) is 0 Å². The molecule has 0 aliphatic carbocycles. The Balaban J connectivity index is 2.20. The highest BCUT2D eigenvalue weighted by atomic mass is 16.5. The predicted octanol–water partition coefficient (Wildman–Crippen LogP) is 2.92. The molecule has 1 aliphatic heterocycles. The van der Waals surface area contributed by atoms with Crippen LogP contribution in [0.1, 0.15) is 38.2 Å². The first-order valence-corrected chi connectivity index (χ1v) is 5.98. The summed E-state index contributed by atoms with van der Waals surface area (Å²) in [5.74, 6) is 1.36. The zero-order valence-corrected chi connectivity index (χ0v) is 10.7. The van der Waals surface area contributed by atoms with E-state index in [1.807, 2.05) is 26.0 Å². The van der Waals surface area contributed by atoms with Crippen LogP contribution >= 0.6 is 0 Å². The van der Waals surface area contributed by atoms with Crippen LogP contribution in [0.15, 0.2) is 29.2 Å². The first-order valence-electron chi connectivity index (χ1n) is 5.98. The van der Waals surface area contributed by atoms with Gasteiger partial charge in [-0.2, -0.15) is 0 Å². The smallest absolute Gasteiger partial charge is 0.145 e. The summed E-state index contributed by atoms with van der Waals surface area (Å²) in [6, 6.07) is 3.66.